The number of alkyl halides is 3. The van der Waals surface area contributed by atoms with Crippen LogP contribution in [0.1, 0.15) is 57.6 Å². The van der Waals surface area contributed by atoms with Gasteiger partial charge in [0.1, 0.15) is 0 Å². The van der Waals surface area contributed by atoms with Crippen LogP contribution in [0.25, 0.3) is 0 Å². The number of nitrogens with one attached hydrogen (secondary N) is 2. The van der Waals surface area contributed by atoms with Crippen molar-refractivity contribution in [3.8, 4) is 0 Å². The minimum absolute atomic E-state index is 0. The third kappa shape index (κ3) is 7.42. The Labute approximate surface area is 182 Å². The Hall–Kier alpha value is -1.03. The quantitative estimate of drug-likeness (QED) is 0.310. The number of aliphatic imine (C=N–C) groups is 1. The van der Waals surface area contributed by atoms with E-state index >= 15 is 0 Å². The molecule has 1 aromatic rings. The van der Waals surface area contributed by atoms with E-state index in [1.165, 1.54) is 12.1 Å². The predicted octanol–water partition coefficient (Wildman–Crippen LogP) is 4.46. The summed E-state index contributed by atoms with van der Waals surface area (Å²) in [5.74, 6) is 0.666. The van der Waals surface area contributed by atoms with Crippen LogP contribution in [0, 0.1) is 0 Å². The van der Waals surface area contributed by atoms with Crippen molar-refractivity contribution in [2.75, 3.05) is 13.1 Å². The first-order chi connectivity index (χ1) is 12.6. The van der Waals surface area contributed by atoms with Gasteiger partial charge in [0.2, 0.25) is 0 Å². The molecule has 0 bridgehead atoms. The monoisotopic (exact) mass is 513 g/mol. The van der Waals surface area contributed by atoms with Gasteiger partial charge in [-0.25, -0.2) is 0 Å². The smallest absolute Gasteiger partial charge is 0.393 e. The highest BCUT2D eigenvalue weighted by Gasteiger charge is 2.32. The van der Waals surface area contributed by atoms with E-state index in [0.29, 0.717) is 24.6 Å². The zero-order chi connectivity index (χ0) is 20.1. The lowest BCUT2D eigenvalue weighted by Crippen LogP contribution is -2.45. The third-order valence-electron chi connectivity index (χ3n) is 4.99. The average Bonchev–Trinajstić information content (AvgIpc) is 2.61. The van der Waals surface area contributed by atoms with Gasteiger partial charge in [-0.1, -0.05) is 32.0 Å². The fourth-order valence-corrected chi connectivity index (χ4v) is 3.22. The number of aliphatic hydroxyl groups is 1. The highest BCUT2D eigenvalue weighted by Crippen LogP contribution is 2.33. The summed E-state index contributed by atoms with van der Waals surface area (Å²) in [5.41, 5.74) is -0.563. The lowest BCUT2D eigenvalue weighted by Gasteiger charge is -2.29. The van der Waals surface area contributed by atoms with Crippen molar-refractivity contribution in [1.82, 2.24) is 10.6 Å². The van der Waals surface area contributed by atoms with Gasteiger partial charge in [-0.05, 0) is 44.2 Å². The van der Waals surface area contributed by atoms with Gasteiger partial charge in [0, 0.05) is 18.0 Å². The molecule has 0 aromatic heterocycles. The van der Waals surface area contributed by atoms with Crippen LogP contribution in [-0.4, -0.2) is 36.3 Å². The van der Waals surface area contributed by atoms with Gasteiger partial charge in [-0.2, -0.15) is 13.2 Å². The number of rotatable bonds is 5. The Morgan fingerprint density at radius 3 is 2.32 bits per heavy atom. The molecule has 160 valence electrons. The minimum Gasteiger partial charge on any atom is -0.393 e. The zero-order valence-corrected chi connectivity index (χ0v) is 19.0. The Morgan fingerprint density at radius 1 is 1.14 bits per heavy atom. The summed E-state index contributed by atoms with van der Waals surface area (Å²) in [7, 11) is 0. The van der Waals surface area contributed by atoms with Gasteiger partial charge >= 0.3 is 6.18 Å². The molecule has 0 amide bonds. The highest BCUT2D eigenvalue weighted by molar-refractivity contribution is 14.0. The Balaban J connectivity index is 0.00000392. The van der Waals surface area contributed by atoms with Gasteiger partial charge in [0.15, 0.2) is 5.96 Å². The number of guanidine groups is 1. The molecule has 8 heteroatoms. The number of nitrogens with zero attached hydrogens (tertiary/aromatic N) is 1. The number of hydrogen-bond acceptors (Lipinski definition) is 2. The van der Waals surface area contributed by atoms with Crippen molar-refractivity contribution in [3.05, 3.63) is 35.4 Å². The van der Waals surface area contributed by atoms with Crippen molar-refractivity contribution in [2.45, 2.75) is 70.2 Å². The van der Waals surface area contributed by atoms with Crippen LogP contribution >= 0.6 is 24.0 Å². The normalized spacial score (nSPS) is 21.0. The number of hydrogen-bond donors (Lipinski definition) is 3. The van der Waals surface area contributed by atoms with Gasteiger partial charge in [-0.3, -0.25) is 4.99 Å². The molecule has 1 aliphatic rings. The first kappa shape index (κ1) is 25.0. The molecule has 2 rings (SSSR count). The second kappa shape index (κ2) is 10.7. The largest absolute Gasteiger partial charge is 0.416 e. The molecule has 4 nitrogen and oxygen atoms in total. The molecule has 3 N–H and O–H groups in total. The van der Waals surface area contributed by atoms with Crippen LogP contribution in [0.3, 0.4) is 0 Å². The first-order valence-electron chi connectivity index (χ1n) is 9.52. The fourth-order valence-electron chi connectivity index (χ4n) is 3.22. The Morgan fingerprint density at radius 2 is 1.75 bits per heavy atom. The van der Waals surface area contributed by atoms with E-state index in [9.17, 15) is 18.3 Å². The molecule has 1 fully saturated rings. The molecule has 1 aliphatic carbocycles. The number of benzene rings is 1. The van der Waals surface area contributed by atoms with Gasteiger partial charge in [0.25, 0.3) is 0 Å². The van der Waals surface area contributed by atoms with Gasteiger partial charge < -0.3 is 15.7 Å². The van der Waals surface area contributed by atoms with Gasteiger partial charge in [-0.15, -0.1) is 24.0 Å². The summed E-state index contributed by atoms with van der Waals surface area (Å²) in [6.45, 7) is 6.82. The summed E-state index contributed by atoms with van der Waals surface area (Å²) in [4.78, 5) is 4.62. The lowest BCUT2D eigenvalue weighted by atomic mass is 9.84. The highest BCUT2D eigenvalue weighted by atomic mass is 127. The van der Waals surface area contributed by atoms with Crippen molar-refractivity contribution >= 4 is 29.9 Å². The predicted molar refractivity (Wildman–Crippen MR) is 117 cm³/mol. The molecular weight excluding hydrogens is 482 g/mol. The molecule has 0 unspecified atom stereocenters. The maximum atomic E-state index is 13.0. The third-order valence-corrected chi connectivity index (χ3v) is 4.99. The van der Waals surface area contributed by atoms with E-state index in [1.54, 1.807) is 6.07 Å². The first-order valence-corrected chi connectivity index (χ1v) is 9.52. The molecule has 0 spiro atoms. The van der Waals surface area contributed by atoms with Crippen LogP contribution in [-0.2, 0) is 11.6 Å². The van der Waals surface area contributed by atoms with Crippen molar-refractivity contribution in [1.29, 1.82) is 0 Å². The van der Waals surface area contributed by atoms with Gasteiger partial charge in [0.05, 0.1) is 18.2 Å². The maximum Gasteiger partial charge on any atom is 0.416 e. The molecular formula is C20H31F3IN3O. The lowest BCUT2D eigenvalue weighted by molar-refractivity contribution is -0.137. The Kier molecular flexibility index (Phi) is 9.52. The summed E-state index contributed by atoms with van der Waals surface area (Å²) < 4.78 is 39.0. The summed E-state index contributed by atoms with van der Waals surface area (Å²) in [6, 6.07) is 5.71. The maximum absolute atomic E-state index is 13.0. The topological polar surface area (TPSA) is 56.7 Å². The summed E-state index contributed by atoms with van der Waals surface area (Å²) >= 11 is 0. The zero-order valence-electron chi connectivity index (χ0n) is 16.6. The fraction of sp³-hybridized carbons (Fsp3) is 0.650. The van der Waals surface area contributed by atoms with Crippen molar-refractivity contribution in [3.63, 3.8) is 0 Å². The second-order valence-electron chi connectivity index (χ2n) is 7.81. The molecule has 28 heavy (non-hydrogen) atoms. The second-order valence-corrected chi connectivity index (χ2v) is 7.81. The van der Waals surface area contributed by atoms with Crippen molar-refractivity contribution in [2.24, 2.45) is 4.99 Å². The van der Waals surface area contributed by atoms with Crippen LogP contribution in [0.5, 0.6) is 0 Å². The molecule has 0 radical (unpaired) electrons. The average molecular weight is 513 g/mol. The number of halogens is 4. The SMILES string of the molecule is CCNC(=NCC(C)(C)c1cccc(C(F)(F)F)c1)NC1CCC(O)CC1.I. The molecule has 0 atom stereocenters. The summed E-state index contributed by atoms with van der Waals surface area (Å²) in [5, 5.41) is 16.2. The van der Waals surface area contributed by atoms with E-state index in [2.05, 4.69) is 15.6 Å². The van der Waals surface area contributed by atoms with E-state index < -0.39 is 17.2 Å². The Bertz CT molecular complexity index is 642. The van der Waals surface area contributed by atoms with E-state index in [1.807, 2.05) is 20.8 Å². The minimum atomic E-state index is -4.35. The molecule has 0 saturated heterocycles. The molecule has 1 saturated carbocycles. The standard InChI is InChI=1S/C20H30F3N3O.HI/c1-4-24-18(26-16-8-10-17(27)11-9-16)25-13-19(2,3)14-6-5-7-15(12-14)20(21,22)23;/h5-7,12,16-17,27H,4,8-11,13H2,1-3H3,(H2,24,25,26);1H. The van der Waals surface area contributed by atoms with Crippen LogP contribution in [0.2, 0.25) is 0 Å². The van der Waals surface area contributed by atoms with Crippen molar-refractivity contribution < 1.29 is 18.3 Å². The summed E-state index contributed by atoms with van der Waals surface area (Å²) in [6.07, 6.45) is -1.27. The molecule has 0 aliphatic heterocycles. The van der Waals surface area contributed by atoms with Crippen LogP contribution in [0.4, 0.5) is 13.2 Å². The molecule has 1 aromatic carbocycles. The van der Waals surface area contributed by atoms with Crippen LogP contribution in [0.15, 0.2) is 29.3 Å². The van der Waals surface area contributed by atoms with E-state index in [0.717, 1.165) is 31.7 Å². The van der Waals surface area contributed by atoms with E-state index in [-0.39, 0.29) is 36.1 Å². The molecule has 0 heterocycles. The van der Waals surface area contributed by atoms with Crippen LogP contribution < -0.4 is 10.6 Å². The number of aliphatic hydroxyl groups excluding tert-OH is 1. The van der Waals surface area contributed by atoms with E-state index in [4.69, 9.17) is 0 Å².